The van der Waals surface area contributed by atoms with Gasteiger partial charge >= 0.3 is 0 Å². The van der Waals surface area contributed by atoms with Gasteiger partial charge in [0.05, 0.1) is 13.2 Å². The molecule has 144 valence electrons. The summed E-state index contributed by atoms with van der Waals surface area (Å²) in [6.07, 6.45) is 4.67. The van der Waals surface area contributed by atoms with E-state index in [4.69, 9.17) is 21.7 Å². The molecule has 0 unspecified atom stereocenters. The summed E-state index contributed by atoms with van der Waals surface area (Å²) in [6, 6.07) is 5.55. The summed E-state index contributed by atoms with van der Waals surface area (Å²) in [7, 11) is 0. The van der Waals surface area contributed by atoms with E-state index in [0.717, 1.165) is 12.8 Å². The van der Waals surface area contributed by atoms with Crippen LogP contribution in [0.1, 0.15) is 56.8 Å². The molecule has 7 heteroatoms. The average molecular weight is 380 g/mol. The van der Waals surface area contributed by atoms with Gasteiger partial charge in [-0.15, -0.1) is 0 Å². The van der Waals surface area contributed by atoms with Crippen molar-refractivity contribution in [2.45, 2.75) is 52.5 Å². The first-order valence-electron chi connectivity index (χ1n) is 9.26. The molecule has 0 atom stereocenters. The van der Waals surface area contributed by atoms with Crippen LogP contribution in [-0.4, -0.2) is 30.3 Å². The van der Waals surface area contributed by atoms with E-state index in [1.807, 2.05) is 6.92 Å². The van der Waals surface area contributed by atoms with Gasteiger partial charge in [0, 0.05) is 11.6 Å². The third-order valence-corrected chi connectivity index (χ3v) is 4.28. The topological polar surface area (TPSA) is 71.6 Å². The summed E-state index contributed by atoms with van der Waals surface area (Å²) in [6.45, 7) is 7.14. The maximum Gasteiger partial charge on any atom is 0.269 e. The molecule has 1 amide bonds. The summed E-state index contributed by atoms with van der Waals surface area (Å²) in [5.41, 5.74) is 5.86. The number of carbonyl (C=O) groups excluding carboxylic acids is 1. The zero-order valence-corrected chi connectivity index (χ0v) is 16.6. The van der Waals surface area contributed by atoms with Gasteiger partial charge in [-0.25, -0.2) is 0 Å². The van der Waals surface area contributed by atoms with Crippen LogP contribution in [-0.2, 0) is 0 Å². The highest BCUT2D eigenvalue weighted by Gasteiger charge is 2.16. The van der Waals surface area contributed by atoms with Crippen LogP contribution in [0.5, 0.6) is 11.5 Å². The van der Waals surface area contributed by atoms with Crippen LogP contribution in [0.3, 0.4) is 0 Å². The number of hydrogen-bond donors (Lipinski definition) is 3. The molecular weight excluding hydrogens is 350 g/mol. The number of benzene rings is 1. The number of thiocarbonyl (C=S) groups is 1. The van der Waals surface area contributed by atoms with Gasteiger partial charge in [-0.2, -0.15) is 0 Å². The van der Waals surface area contributed by atoms with Crippen molar-refractivity contribution in [2.75, 3.05) is 13.2 Å². The first-order chi connectivity index (χ1) is 12.5. The molecule has 0 bridgehead atoms. The van der Waals surface area contributed by atoms with Crippen LogP contribution in [0.4, 0.5) is 0 Å². The van der Waals surface area contributed by atoms with E-state index in [9.17, 15) is 4.79 Å². The molecule has 0 aliphatic heterocycles. The van der Waals surface area contributed by atoms with Crippen LogP contribution in [0.2, 0.25) is 0 Å². The molecule has 1 aliphatic carbocycles. The van der Waals surface area contributed by atoms with E-state index in [1.165, 1.54) is 12.8 Å². The molecule has 0 spiro atoms. The summed E-state index contributed by atoms with van der Waals surface area (Å²) < 4.78 is 11.4. The lowest BCUT2D eigenvalue weighted by Gasteiger charge is -2.17. The smallest absolute Gasteiger partial charge is 0.269 e. The van der Waals surface area contributed by atoms with Gasteiger partial charge in [-0.05, 0) is 56.1 Å². The molecule has 1 aliphatic rings. The molecule has 0 saturated heterocycles. The van der Waals surface area contributed by atoms with Crippen molar-refractivity contribution in [3.63, 3.8) is 0 Å². The zero-order valence-electron chi connectivity index (χ0n) is 15.8. The van der Waals surface area contributed by atoms with Crippen molar-refractivity contribution in [2.24, 2.45) is 5.92 Å². The Morgan fingerprint density at radius 1 is 1.19 bits per heavy atom. The Labute approximate surface area is 161 Å². The van der Waals surface area contributed by atoms with Gasteiger partial charge < -0.3 is 14.8 Å². The molecule has 6 nitrogen and oxygen atoms in total. The largest absolute Gasteiger partial charge is 0.490 e. The summed E-state index contributed by atoms with van der Waals surface area (Å²) in [4.78, 5) is 12.4. The second kappa shape index (κ2) is 10.2. The van der Waals surface area contributed by atoms with E-state index in [2.05, 4.69) is 30.0 Å². The van der Waals surface area contributed by atoms with Crippen LogP contribution in [0.25, 0.3) is 0 Å². The Kier molecular flexibility index (Phi) is 7.97. The minimum Gasteiger partial charge on any atom is -0.490 e. The van der Waals surface area contributed by atoms with Crippen molar-refractivity contribution < 1.29 is 14.3 Å². The number of rotatable bonds is 7. The second-order valence-electron chi connectivity index (χ2n) is 6.83. The highest BCUT2D eigenvalue weighted by molar-refractivity contribution is 7.80. The fourth-order valence-electron chi connectivity index (χ4n) is 2.77. The van der Waals surface area contributed by atoms with Crippen molar-refractivity contribution in [1.82, 2.24) is 16.2 Å². The number of carbonyl (C=O) groups is 1. The van der Waals surface area contributed by atoms with Gasteiger partial charge in [-0.3, -0.25) is 15.6 Å². The quantitative estimate of drug-likeness (QED) is 0.499. The van der Waals surface area contributed by atoms with Crippen LogP contribution in [0.15, 0.2) is 18.2 Å². The Balaban J connectivity index is 1.92. The fraction of sp³-hybridized carbons (Fsp3) is 0.579. The fourth-order valence-corrected chi connectivity index (χ4v) is 2.99. The van der Waals surface area contributed by atoms with E-state index in [1.54, 1.807) is 18.2 Å². The van der Waals surface area contributed by atoms with Gasteiger partial charge in [-0.1, -0.05) is 26.7 Å². The van der Waals surface area contributed by atoms with E-state index in [0.29, 0.717) is 47.3 Å². The third kappa shape index (κ3) is 6.37. The van der Waals surface area contributed by atoms with Gasteiger partial charge in [0.1, 0.15) is 0 Å². The van der Waals surface area contributed by atoms with E-state index in [-0.39, 0.29) is 5.91 Å². The number of amides is 1. The monoisotopic (exact) mass is 379 g/mol. The molecule has 1 saturated carbocycles. The summed E-state index contributed by atoms with van der Waals surface area (Å²) >= 11 is 5.22. The number of hydrazine groups is 1. The lowest BCUT2D eigenvalue weighted by atomic mass is 10.2. The SMILES string of the molecule is CCOc1cc(C(=O)NNC(=S)NC2CCCC2)ccc1OCC(C)C. The van der Waals surface area contributed by atoms with Crippen molar-refractivity contribution in [3.8, 4) is 11.5 Å². The van der Waals surface area contributed by atoms with Crippen molar-refractivity contribution >= 4 is 23.2 Å². The maximum absolute atomic E-state index is 12.4. The van der Waals surface area contributed by atoms with Crippen LogP contribution in [0, 0.1) is 5.92 Å². The van der Waals surface area contributed by atoms with Crippen LogP contribution < -0.4 is 25.6 Å². The molecule has 1 aromatic carbocycles. The molecule has 1 aromatic rings. The van der Waals surface area contributed by atoms with Gasteiger partial charge in [0.2, 0.25) is 0 Å². The molecule has 0 aromatic heterocycles. The van der Waals surface area contributed by atoms with Crippen LogP contribution >= 0.6 is 12.2 Å². The zero-order chi connectivity index (χ0) is 18.9. The molecule has 1 fully saturated rings. The Morgan fingerprint density at radius 2 is 1.92 bits per heavy atom. The second-order valence-corrected chi connectivity index (χ2v) is 7.24. The van der Waals surface area contributed by atoms with E-state index >= 15 is 0 Å². The Morgan fingerprint density at radius 3 is 2.58 bits per heavy atom. The molecule has 0 radical (unpaired) electrons. The number of hydrogen-bond acceptors (Lipinski definition) is 4. The normalized spacial score (nSPS) is 14.2. The predicted octanol–water partition coefficient (Wildman–Crippen LogP) is 3.17. The highest BCUT2D eigenvalue weighted by atomic mass is 32.1. The first-order valence-corrected chi connectivity index (χ1v) is 9.67. The lowest BCUT2D eigenvalue weighted by Crippen LogP contribution is -2.49. The Hall–Kier alpha value is -2.02. The van der Waals surface area contributed by atoms with Gasteiger partial charge in [0.15, 0.2) is 16.6 Å². The maximum atomic E-state index is 12.4. The molecule has 2 rings (SSSR count). The standard InChI is InChI=1S/C19H29N3O3S/c1-4-24-17-11-14(9-10-16(17)25-12-13(2)3)18(23)21-22-19(26)20-15-7-5-6-8-15/h9-11,13,15H,4-8,12H2,1-3H3,(H,21,23)(H2,20,22,26). The number of ether oxygens (including phenoxy) is 2. The minimum atomic E-state index is -0.281. The van der Waals surface area contributed by atoms with Crippen molar-refractivity contribution in [3.05, 3.63) is 23.8 Å². The molecule has 0 heterocycles. The Bertz CT molecular complexity index is 616. The van der Waals surface area contributed by atoms with E-state index < -0.39 is 0 Å². The molecule has 3 N–H and O–H groups in total. The predicted molar refractivity (Wildman–Crippen MR) is 107 cm³/mol. The van der Waals surface area contributed by atoms with Crippen molar-refractivity contribution in [1.29, 1.82) is 0 Å². The first kappa shape index (κ1) is 20.3. The lowest BCUT2D eigenvalue weighted by molar-refractivity contribution is 0.0943. The highest BCUT2D eigenvalue weighted by Crippen LogP contribution is 2.29. The number of nitrogens with one attached hydrogen (secondary N) is 3. The van der Waals surface area contributed by atoms with Gasteiger partial charge in [0.25, 0.3) is 5.91 Å². The average Bonchev–Trinajstić information content (AvgIpc) is 3.11. The summed E-state index contributed by atoms with van der Waals surface area (Å²) in [5.74, 6) is 1.33. The third-order valence-electron chi connectivity index (χ3n) is 4.06. The minimum absolute atomic E-state index is 0.281. The molecule has 26 heavy (non-hydrogen) atoms. The summed E-state index contributed by atoms with van der Waals surface area (Å²) in [5, 5.41) is 3.65. The molecular formula is C19H29N3O3S.